The molecular weight excluding hydrogens is 202 g/mol. The molecule has 1 aromatic rings. The standard InChI is InChI=1S/C12H19N3O/c1-10-7-11(8-13)9-14-12(10)15-3-2-5-16-6-4-15/h7,9H,2-6,8,13H2,1H3. The number of ether oxygens (including phenoxy) is 1. The molecule has 0 aromatic carbocycles. The number of nitrogens with two attached hydrogens (primary N) is 1. The van der Waals surface area contributed by atoms with E-state index in [-0.39, 0.29) is 0 Å². The normalized spacial score (nSPS) is 17.2. The number of nitrogens with zero attached hydrogens (tertiary/aromatic N) is 2. The van der Waals surface area contributed by atoms with Crippen molar-refractivity contribution in [2.24, 2.45) is 5.73 Å². The molecule has 4 nitrogen and oxygen atoms in total. The number of aryl methyl sites for hydroxylation is 1. The van der Waals surface area contributed by atoms with Crippen molar-refractivity contribution in [3.63, 3.8) is 0 Å². The lowest BCUT2D eigenvalue weighted by Gasteiger charge is -2.22. The van der Waals surface area contributed by atoms with Crippen molar-refractivity contribution in [2.45, 2.75) is 19.9 Å². The molecule has 1 saturated heterocycles. The van der Waals surface area contributed by atoms with Gasteiger partial charge in [-0.3, -0.25) is 0 Å². The summed E-state index contributed by atoms with van der Waals surface area (Å²) < 4.78 is 5.44. The summed E-state index contributed by atoms with van der Waals surface area (Å²) in [4.78, 5) is 6.80. The lowest BCUT2D eigenvalue weighted by molar-refractivity contribution is 0.152. The lowest BCUT2D eigenvalue weighted by Crippen LogP contribution is -2.27. The van der Waals surface area contributed by atoms with E-state index < -0.39 is 0 Å². The van der Waals surface area contributed by atoms with Crippen LogP contribution in [0, 0.1) is 6.92 Å². The summed E-state index contributed by atoms with van der Waals surface area (Å²) in [6.45, 7) is 6.24. The first kappa shape index (κ1) is 11.4. The Morgan fingerprint density at radius 2 is 2.31 bits per heavy atom. The van der Waals surface area contributed by atoms with Gasteiger partial charge in [-0.25, -0.2) is 4.98 Å². The third-order valence-electron chi connectivity index (χ3n) is 2.86. The topological polar surface area (TPSA) is 51.4 Å². The van der Waals surface area contributed by atoms with Crippen LogP contribution in [-0.2, 0) is 11.3 Å². The molecule has 16 heavy (non-hydrogen) atoms. The van der Waals surface area contributed by atoms with Crippen LogP contribution >= 0.6 is 0 Å². The van der Waals surface area contributed by atoms with Crippen LogP contribution in [0.5, 0.6) is 0 Å². The number of pyridine rings is 1. The number of hydrogen-bond donors (Lipinski definition) is 1. The highest BCUT2D eigenvalue weighted by Gasteiger charge is 2.13. The van der Waals surface area contributed by atoms with E-state index >= 15 is 0 Å². The Balaban J connectivity index is 2.18. The van der Waals surface area contributed by atoms with Gasteiger partial charge in [0, 0.05) is 32.4 Å². The zero-order chi connectivity index (χ0) is 11.4. The minimum atomic E-state index is 0.553. The fraction of sp³-hybridized carbons (Fsp3) is 0.583. The predicted octanol–water partition coefficient (Wildman–Crippen LogP) is 1.08. The third-order valence-corrected chi connectivity index (χ3v) is 2.86. The summed E-state index contributed by atoms with van der Waals surface area (Å²) >= 11 is 0. The Morgan fingerprint density at radius 3 is 3.06 bits per heavy atom. The number of aromatic nitrogens is 1. The quantitative estimate of drug-likeness (QED) is 0.811. The van der Waals surface area contributed by atoms with Crippen LogP contribution < -0.4 is 10.6 Å². The summed E-state index contributed by atoms with van der Waals surface area (Å²) in [5.74, 6) is 1.07. The third kappa shape index (κ3) is 2.51. The van der Waals surface area contributed by atoms with Crippen LogP contribution in [0.4, 0.5) is 5.82 Å². The first-order valence-corrected chi connectivity index (χ1v) is 5.79. The van der Waals surface area contributed by atoms with Crippen molar-refractivity contribution in [3.05, 3.63) is 23.4 Å². The van der Waals surface area contributed by atoms with Crippen LogP contribution in [0.2, 0.25) is 0 Å². The molecule has 0 spiro atoms. The monoisotopic (exact) mass is 221 g/mol. The van der Waals surface area contributed by atoms with Gasteiger partial charge in [0.1, 0.15) is 5.82 Å². The smallest absolute Gasteiger partial charge is 0.131 e. The van der Waals surface area contributed by atoms with Crippen molar-refractivity contribution in [1.82, 2.24) is 4.98 Å². The van der Waals surface area contributed by atoms with Crippen molar-refractivity contribution in [2.75, 3.05) is 31.2 Å². The highest BCUT2D eigenvalue weighted by Crippen LogP contribution is 2.18. The second kappa shape index (κ2) is 5.27. The Hall–Kier alpha value is -1.13. The molecule has 0 bridgehead atoms. The molecular formula is C12H19N3O. The lowest BCUT2D eigenvalue weighted by atomic mass is 10.2. The maximum absolute atomic E-state index is 5.60. The van der Waals surface area contributed by atoms with Crippen LogP contribution in [0.15, 0.2) is 12.3 Å². The number of rotatable bonds is 2. The van der Waals surface area contributed by atoms with Crippen molar-refractivity contribution < 1.29 is 4.74 Å². The minimum absolute atomic E-state index is 0.553. The molecule has 2 rings (SSSR count). The Labute approximate surface area is 96.4 Å². The van der Waals surface area contributed by atoms with Gasteiger partial charge in [-0.1, -0.05) is 0 Å². The van der Waals surface area contributed by atoms with Crippen LogP contribution in [0.1, 0.15) is 17.5 Å². The molecule has 1 aromatic heterocycles. The summed E-state index contributed by atoms with van der Waals surface area (Å²) in [6, 6.07) is 2.12. The van der Waals surface area contributed by atoms with Crippen LogP contribution in [-0.4, -0.2) is 31.3 Å². The van der Waals surface area contributed by atoms with E-state index in [0.29, 0.717) is 6.54 Å². The first-order valence-electron chi connectivity index (χ1n) is 5.79. The van der Waals surface area contributed by atoms with Gasteiger partial charge in [0.25, 0.3) is 0 Å². The molecule has 4 heteroatoms. The summed E-state index contributed by atoms with van der Waals surface area (Å²) in [7, 11) is 0. The molecule has 1 aliphatic heterocycles. The molecule has 0 saturated carbocycles. The van der Waals surface area contributed by atoms with Gasteiger partial charge in [-0.05, 0) is 30.5 Å². The second-order valence-corrected chi connectivity index (χ2v) is 4.14. The molecule has 2 heterocycles. The molecule has 1 aliphatic rings. The van der Waals surface area contributed by atoms with Crippen LogP contribution in [0.3, 0.4) is 0 Å². The molecule has 0 unspecified atom stereocenters. The van der Waals surface area contributed by atoms with Gasteiger partial charge in [0.05, 0.1) is 6.61 Å². The van der Waals surface area contributed by atoms with Crippen molar-refractivity contribution in [3.8, 4) is 0 Å². The fourth-order valence-corrected chi connectivity index (χ4v) is 2.03. The minimum Gasteiger partial charge on any atom is -0.380 e. The molecule has 1 fully saturated rings. The highest BCUT2D eigenvalue weighted by atomic mass is 16.5. The second-order valence-electron chi connectivity index (χ2n) is 4.14. The average Bonchev–Trinajstić information content (AvgIpc) is 2.57. The summed E-state index contributed by atoms with van der Waals surface area (Å²) in [5.41, 5.74) is 7.89. The van der Waals surface area contributed by atoms with E-state index in [0.717, 1.165) is 44.1 Å². The van der Waals surface area contributed by atoms with E-state index in [1.54, 1.807) is 0 Å². The molecule has 2 N–H and O–H groups in total. The fourth-order valence-electron chi connectivity index (χ4n) is 2.03. The van der Waals surface area contributed by atoms with E-state index in [1.807, 2.05) is 6.20 Å². The zero-order valence-corrected chi connectivity index (χ0v) is 9.78. The van der Waals surface area contributed by atoms with Gasteiger partial charge >= 0.3 is 0 Å². The van der Waals surface area contributed by atoms with Gasteiger partial charge in [0.15, 0.2) is 0 Å². The van der Waals surface area contributed by atoms with Gasteiger partial charge < -0.3 is 15.4 Å². The molecule has 0 atom stereocenters. The zero-order valence-electron chi connectivity index (χ0n) is 9.78. The number of hydrogen-bond acceptors (Lipinski definition) is 4. The SMILES string of the molecule is Cc1cc(CN)cnc1N1CCCOCC1. The predicted molar refractivity (Wildman–Crippen MR) is 64.5 cm³/mol. The first-order chi connectivity index (χ1) is 7.81. The van der Waals surface area contributed by atoms with E-state index in [9.17, 15) is 0 Å². The Bertz CT molecular complexity index is 346. The molecule has 88 valence electrons. The van der Waals surface area contributed by atoms with E-state index in [2.05, 4.69) is 22.9 Å². The van der Waals surface area contributed by atoms with Crippen LogP contribution in [0.25, 0.3) is 0 Å². The Morgan fingerprint density at radius 1 is 1.44 bits per heavy atom. The summed E-state index contributed by atoms with van der Waals surface area (Å²) in [5, 5.41) is 0. The average molecular weight is 221 g/mol. The van der Waals surface area contributed by atoms with Gasteiger partial charge in [-0.2, -0.15) is 0 Å². The molecule has 0 radical (unpaired) electrons. The Kier molecular flexibility index (Phi) is 3.74. The maximum Gasteiger partial charge on any atom is 0.131 e. The highest BCUT2D eigenvalue weighted by molar-refractivity contribution is 5.47. The molecule has 0 aliphatic carbocycles. The van der Waals surface area contributed by atoms with Gasteiger partial charge in [0.2, 0.25) is 0 Å². The summed E-state index contributed by atoms with van der Waals surface area (Å²) in [6.07, 6.45) is 2.94. The van der Waals surface area contributed by atoms with Crippen molar-refractivity contribution >= 4 is 5.82 Å². The molecule has 0 amide bonds. The van der Waals surface area contributed by atoms with E-state index in [4.69, 9.17) is 10.5 Å². The van der Waals surface area contributed by atoms with Gasteiger partial charge in [-0.15, -0.1) is 0 Å². The van der Waals surface area contributed by atoms with E-state index in [1.165, 1.54) is 5.56 Å². The van der Waals surface area contributed by atoms with Crippen molar-refractivity contribution in [1.29, 1.82) is 0 Å². The number of anilines is 1. The maximum atomic E-state index is 5.60. The largest absolute Gasteiger partial charge is 0.380 e.